The lowest BCUT2D eigenvalue weighted by atomic mass is 10.1. The van der Waals surface area contributed by atoms with Gasteiger partial charge in [-0.2, -0.15) is 0 Å². The van der Waals surface area contributed by atoms with Gasteiger partial charge in [-0.3, -0.25) is 5.41 Å². The van der Waals surface area contributed by atoms with Crippen LogP contribution in [0.2, 0.25) is 0 Å². The number of rotatable bonds is 7. The zero-order valence-corrected chi connectivity index (χ0v) is 13.1. The Kier molecular flexibility index (Phi) is 5.82. The largest absolute Gasteiger partial charge is 0.497 e. The highest BCUT2D eigenvalue weighted by Crippen LogP contribution is 2.27. The topological polar surface area (TPSA) is 65.6 Å². The summed E-state index contributed by atoms with van der Waals surface area (Å²) < 4.78 is 5.30. The molecule has 0 bridgehead atoms. The Morgan fingerprint density at radius 3 is 2.50 bits per heavy atom. The summed E-state index contributed by atoms with van der Waals surface area (Å²) in [6.45, 7) is 6.06. The Bertz CT molecular complexity index is 459. The lowest BCUT2D eigenvalue weighted by Gasteiger charge is -2.33. The Hall–Kier alpha value is -1.75. The van der Waals surface area contributed by atoms with Crippen molar-refractivity contribution in [2.24, 2.45) is 5.73 Å². The van der Waals surface area contributed by atoms with Gasteiger partial charge in [-0.05, 0) is 40.1 Å². The highest BCUT2D eigenvalue weighted by atomic mass is 16.5. The number of nitrogen functional groups attached to an aromatic ring is 1. The maximum absolute atomic E-state index is 7.75. The molecule has 1 unspecified atom stereocenters. The molecule has 1 aromatic carbocycles. The lowest BCUT2D eigenvalue weighted by molar-refractivity contribution is 0.372. The quantitative estimate of drug-likeness (QED) is 0.589. The number of benzene rings is 1. The number of hydrogen-bond acceptors (Lipinski definition) is 4. The second-order valence-corrected chi connectivity index (χ2v) is 5.19. The van der Waals surface area contributed by atoms with Crippen LogP contribution in [0.4, 0.5) is 5.69 Å². The Labute approximate surface area is 121 Å². The van der Waals surface area contributed by atoms with Crippen molar-refractivity contribution in [1.29, 1.82) is 5.41 Å². The SMILES string of the molecule is CCN(c1cc(OC)ccc1C(=N)N)C(C)CN(C)C. The standard InChI is InChI=1S/C15H26N4O/c1-6-19(11(2)10-18(3)4)14-9-12(20-5)7-8-13(14)15(16)17/h7-9,11H,6,10H2,1-5H3,(H3,16,17). The second kappa shape index (κ2) is 7.14. The van der Waals surface area contributed by atoms with E-state index in [2.05, 4.69) is 37.7 Å². The van der Waals surface area contributed by atoms with Gasteiger partial charge in [-0.1, -0.05) is 0 Å². The molecule has 0 saturated heterocycles. The van der Waals surface area contributed by atoms with Gasteiger partial charge in [0.25, 0.3) is 0 Å². The highest BCUT2D eigenvalue weighted by Gasteiger charge is 2.18. The van der Waals surface area contributed by atoms with Crippen molar-refractivity contribution < 1.29 is 4.74 Å². The van der Waals surface area contributed by atoms with Gasteiger partial charge in [0.15, 0.2) is 0 Å². The molecule has 0 aliphatic rings. The molecule has 3 N–H and O–H groups in total. The van der Waals surface area contributed by atoms with Crippen molar-refractivity contribution in [3.63, 3.8) is 0 Å². The Morgan fingerprint density at radius 1 is 1.40 bits per heavy atom. The molecule has 5 nitrogen and oxygen atoms in total. The number of methoxy groups -OCH3 is 1. The number of hydrogen-bond donors (Lipinski definition) is 2. The van der Waals surface area contributed by atoms with E-state index in [0.717, 1.165) is 30.1 Å². The minimum Gasteiger partial charge on any atom is -0.497 e. The monoisotopic (exact) mass is 278 g/mol. The molecule has 0 spiro atoms. The first-order chi connectivity index (χ1) is 9.40. The number of anilines is 1. The van der Waals surface area contributed by atoms with Crippen LogP contribution >= 0.6 is 0 Å². The summed E-state index contributed by atoms with van der Waals surface area (Å²) in [4.78, 5) is 4.40. The molecule has 1 atom stereocenters. The van der Waals surface area contributed by atoms with Crippen molar-refractivity contribution in [1.82, 2.24) is 4.90 Å². The van der Waals surface area contributed by atoms with Crippen molar-refractivity contribution in [3.8, 4) is 5.75 Å². The molecule has 0 aliphatic carbocycles. The van der Waals surface area contributed by atoms with E-state index in [1.165, 1.54) is 0 Å². The van der Waals surface area contributed by atoms with Crippen LogP contribution in [0.15, 0.2) is 18.2 Å². The normalized spacial score (nSPS) is 12.3. The van der Waals surface area contributed by atoms with Crippen LogP contribution in [-0.4, -0.2) is 51.1 Å². The number of nitrogens with one attached hydrogen (secondary N) is 1. The predicted octanol–water partition coefficient (Wildman–Crippen LogP) is 1.76. The zero-order chi connectivity index (χ0) is 15.3. The van der Waals surface area contributed by atoms with Crippen LogP contribution in [0.25, 0.3) is 0 Å². The van der Waals surface area contributed by atoms with E-state index in [4.69, 9.17) is 15.9 Å². The third-order valence-corrected chi connectivity index (χ3v) is 3.31. The van der Waals surface area contributed by atoms with Crippen molar-refractivity contribution in [2.75, 3.05) is 39.2 Å². The molecular weight excluding hydrogens is 252 g/mol. The summed E-state index contributed by atoms with van der Waals surface area (Å²) in [5.74, 6) is 0.860. The third kappa shape index (κ3) is 3.87. The number of likely N-dealkylation sites (N-methyl/N-ethyl adjacent to an activating group) is 2. The first-order valence-corrected chi connectivity index (χ1v) is 6.84. The van der Waals surface area contributed by atoms with E-state index in [1.807, 2.05) is 18.2 Å². The average Bonchev–Trinajstić information content (AvgIpc) is 2.38. The molecule has 0 aromatic heterocycles. The Morgan fingerprint density at radius 2 is 2.05 bits per heavy atom. The summed E-state index contributed by atoms with van der Waals surface area (Å²) in [5.41, 5.74) is 7.41. The second-order valence-electron chi connectivity index (χ2n) is 5.19. The highest BCUT2D eigenvalue weighted by molar-refractivity contribution is 6.00. The minimum absolute atomic E-state index is 0.0816. The van der Waals surface area contributed by atoms with Crippen LogP contribution in [0.3, 0.4) is 0 Å². The first kappa shape index (κ1) is 16.3. The molecule has 0 saturated carbocycles. The van der Waals surface area contributed by atoms with Gasteiger partial charge in [0.05, 0.1) is 12.8 Å². The fourth-order valence-electron chi connectivity index (χ4n) is 2.45. The maximum atomic E-state index is 7.75. The van der Waals surface area contributed by atoms with Gasteiger partial charge in [0, 0.05) is 30.8 Å². The minimum atomic E-state index is 0.0816. The number of nitrogens with zero attached hydrogens (tertiary/aromatic N) is 2. The number of nitrogens with two attached hydrogens (primary N) is 1. The van der Waals surface area contributed by atoms with Crippen LogP contribution in [0.1, 0.15) is 19.4 Å². The molecule has 5 heteroatoms. The number of ether oxygens (including phenoxy) is 1. The average molecular weight is 278 g/mol. The number of amidine groups is 1. The van der Waals surface area contributed by atoms with E-state index in [0.29, 0.717) is 6.04 Å². The lowest BCUT2D eigenvalue weighted by Crippen LogP contribution is -2.41. The van der Waals surface area contributed by atoms with Crippen LogP contribution in [0, 0.1) is 5.41 Å². The van der Waals surface area contributed by atoms with Gasteiger partial charge in [-0.25, -0.2) is 0 Å². The third-order valence-electron chi connectivity index (χ3n) is 3.31. The zero-order valence-electron chi connectivity index (χ0n) is 13.1. The van der Waals surface area contributed by atoms with Crippen LogP contribution in [0.5, 0.6) is 5.75 Å². The van der Waals surface area contributed by atoms with Gasteiger partial charge in [-0.15, -0.1) is 0 Å². The van der Waals surface area contributed by atoms with E-state index in [-0.39, 0.29) is 5.84 Å². The maximum Gasteiger partial charge on any atom is 0.124 e. The summed E-state index contributed by atoms with van der Waals surface area (Å²) >= 11 is 0. The molecular formula is C15H26N4O. The van der Waals surface area contributed by atoms with Crippen molar-refractivity contribution in [2.45, 2.75) is 19.9 Å². The molecule has 0 fully saturated rings. The molecule has 0 amide bonds. The summed E-state index contributed by atoms with van der Waals surface area (Å²) in [6.07, 6.45) is 0. The fraction of sp³-hybridized carbons (Fsp3) is 0.533. The van der Waals surface area contributed by atoms with Gasteiger partial charge in [0.2, 0.25) is 0 Å². The van der Waals surface area contributed by atoms with Gasteiger partial charge >= 0.3 is 0 Å². The predicted molar refractivity (Wildman–Crippen MR) is 85.0 cm³/mol. The molecule has 1 aromatic rings. The van der Waals surface area contributed by atoms with E-state index >= 15 is 0 Å². The molecule has 1 rings (SSSR count). The summed E-state index contributed by atoms with van der Waals surface area (Å²) in [5, 5.41) is 7.75. The van der Waals surface area contributed by atoms with Gasteiger partial charge in [0.1, 0.15) is 11.6 Å². The van der Waals surface area contributed by atoms with Gasteiger partial charge < -0.3 is 20.3 Å². The molecule has 0 aliphatic heterocycles. The van der Waals surface area contributed by atoms with Crippen LogP contribution in [-0.2, 0) is 0 Å². The molecule has 20 heavy (non-hydrogen) atoms. The van der Waals surface area contributed by atoms with E-state index in [9.17, 15) is 0 Å². The van der Waals surface area contributed by atoms with Crippen molar-refractivity contribution in [3.05, 3.63) is 23.8 Å². The van der Waals surface area contributed by atoms with E-state index in [1.54, 1.807) is 7.11 Å². The molecule has 0 radical (unpaired) electrons. The summed E-state index contributed by atoms with van der Waals surface area (Å²) in [7, 11) is 5.76. The molecule has 0 heterocycles. The fourth-order valence-corrected chi connectivity index (χ4v) is 2.45. The van der Waals surface area contributed by atoms with E-state index < -0.39 is 0 Å². The van der Waals surface area contributed by atoms with Crippen LogP contribution < -0.4 is 15.4 Å². The Balaban J connectivity index is 3.20. The first-order valence-electron chi connectivity index (χ1n) is 6.84. The molecule has 112 valence electrons. The summed E-state index contributed by atoms with van der Waals surface area (Å²) in [6, 6.07) is 5.96. The van der Waals surface area contributed by atoms with Crippen molar-refractivity contribution >= 4 is 11.5 Å². The smallest absolute Gasteiger partial charge is 0.124 e.